The third-order valence-electron chi connectivity index (χ3n) is 5.69. The highest BCUT2D eigenvalue weighted by Crippen LogP contribution is 2.42. The number of likely N-dealkylation sites (N-methyl/N-ethyl adjacent to an activating group) is 1. The van der Waals surface area contributed by atoms with Crippen LogP contribution in [0.15, 0.2) is 43.0 Å². The number of alkyl halides is 9. The molecule has 42 heavy (non-hydrogen) atoms. The van der Waals surface area contributed by atoms with Gasteiger partial charge < -0.3 is 10.2 Å². The molecule has 0 fully saturated rings. The smallest absolute Gasteiger partial charge is 0.341 e. The van der Waals surface area contributed by atoms with E-state index in [2.05, 4.69) is 6.58 Å². The number of benzene rings is 2. The minimum absolute atomic E-state index is 0.00202. The first-order chi connectivity index (χ1) is 19.1. The van der Waals surface area contributed by atoms with Crippen molar-refractivity contribution in [2.24, 2.45) is 0 Å². The van der Waals surface area contributed by atoms with Crippen LogP contribution in [0.2, 0.25) is 10.0 Å². The number of allylic oxidation sites excluding steroid dienone is 1. The van der Waals surface area contributed by atoms with E-state index in [1.807, 2.05) is 5.32 Å². The zero-order chi connectivity index (χ0) is 32.4. The van der Waals surface area contributed by atoms with Crippen LogP contribution in [0, 0.1) is 0 Å². The number of amides is 2. The summed E-state index contributed by atoms with van der Waals surface area (Å²) in [6.07, 6.45) is -14.1. The molecule has 230 valence electrons. The van der Waals surface area contributed by atoms with Crippen molar-refractivity contribution in [2.75, 3.05) is 13.6 Å². The maximum absolute atomic E-state index is 15.1. The summed E-state index contributed by atoms with van der Waals surface area (Å²) in [5.41, 5.74) is -4.46. The summed E-state index contributed by atoms with van der Waals surface area (Å²) in [5.74, 6) is -7.28. The summed E-state index contributed by atoms with van der Waals surface area (Å²) in [5, 5.41) is 1.34. The van der Waals surface area contributed by atoms with Crippen LogP contribution in [0.4, 0.5) is 43.9 Å². The lowest BCUT2D eigenvalue weighted by Gasteiger charge is -2.23. The number of carbonyl (C=O) groups is 2. The Hall–Kier alpha value is -3.26. The molecule has 0 unspecified atom stereocenters. The van der Waals surface area contributed by atoms with Crippen molar-refractivity contribution in [3.63, 3.8) is 0 Å². The van der Waals surface area contributed by atoms with Gasteiger partial charge in [-0.25, -0.2) is 4.39 Å². The molecule has 0 aliphatic heterocycles. The van der Waals surface area contributed by atoms with Gasteiger partial charge in [0.1, 0.15) is 24.3 Å². The molecule has 2 amide bonds. The lowest BCUT2D eigenvalue weighted by molar-refractivity contribution is -0.159. The third-order valence-corrected chi connectivity index (χ3v) is 6.31. The van der Waals surface area contributed by atoms with Crippen LogP contribution < -0.4 is 5.32 Å². The second kappa shape index (κ2) is 12.9. The predicted molar refractivity (Wildman–Crippen MR) is 136 cm³/mol. The van der Waals surface area contributed by atoms with Crippen LogP contribution in [0.5, 0.6) is 0 Å². The second-order valence-corrected chi connectivity index (χ2v) is 9.71. The highest BCUT2D eigenvalue weighted by Gasteiger charge is 2.41. The van der Waals surface area contributed by atoms with Crippen molar-refractivity contribution < 1.29 is 53.5 Å². The molecular weight excluding hydrogens is 633 g/mol. The normalized spacial score (nSPS) is 14.3. The highest BCUT2D eigenvalue weighted by atomic mass is 35.5. The Bertz CT molecular complexity index is 1360. The molecule has 4 nitrogen and oxygen atoms in total. The van der Waals surface area contributed by atoms with Crippen molar-refractivity contribution >= 4 is 46.9 Å². The molecule has 1 N–H and O–H groups in total. The van der Waals surface area contributed by atoms with Gasteiger partial charge >= 0.3 is 18.5 Å². The molecule has 2 rings (SSSR count). The second-order valence-electron chi connectivity index (χ2n) is 8.90. The molecule has 2 aromatic rings. The summed E-state index contributed by atoms with van der Waals surface area (Å²) in [4.78, 5) is 24.8. The van der Waals surface area contributed by atoms with E-state index in [4.69, 9.17) is 23.2 Å². The maximum Gasteiger partial charge on any atom is 0.417 e. The lowest BCUT2D eigenvalue weighted by atomic mass is 9.94. The zero-order valence-corrected chi connectivity index (χ0v) is 22.9. The van der Waals surface area contributed by atoms with Crippen molar-refractivity contribution in [3.8, 4) is 0 Å². The van der Waals surface area contributed by atoms with Crippen LogP contribution in [0.25, 0.3) is 11.9 Å². The van der Waals surface area contributed by atoms with Gasteiger partial charge in [-0.1, -0.05) is 41.9 Å². The Kier molecular flexibility index (Phi) is 10.8. The fourth-order valence-electron chi connectivity index (χ4n) is 3.74. The molecule has 0 saturated carbocycles. The molecule has 0 aliphatic carbocycles. The van der Waals surface area contributed by atoms with Gasteiger partial charge in [0.2, 0.25) is 5.91 Å². The van der Waals surface area contributed by atoms with Gasteiger partial charge in [-0.2, -0.15) is 39.5 Å². The molecule has 0 heterocycles. The van der Waals surface area contributed by atoms with Gasteiger partial charge in [0.25, 0.3) is 5.91 Å². The summed E-state index contributed by atoms with van der Waals surface area (Å²) < 4.78 is 136. The monoisotopic (exact) mass is 652 g/mol. The van der Waals surface area contributed by atoms with Crippen molar-refractivity contribution in [3.05, 3.63) is 80.8 Å². The summed E-state index contributed by atoms with van der Waals surface area (Å²) in [6.45, 7) is 2.64. The van der Waals surface area contributed by atoms with E-state index in [0.29, 0.717) is 12.1 Å². The van der Waals surface area contributed by atoms with E-state index in [9.17, 15) is 49.1 Å². The van der Waals surface area contributed by atoms with E-state index in [-0.39, 0.29) is 32.7 Å². The number of nitrogens with one attached hydrogen (secondary N) is 1. The number of halogens is 12. The summed E-state index contributed by atoms with van der Waals surface area (Å²) in [6, 6.07) is 1.10. The Morgan fingerprint density at radius 2 is 1.55 bits per heavy atom. The standard InChI is InChI=1S/C26H20Cl2F10N2O2/c1-4-15-19(27)8-14(9-20(15)28)17(25(33,34)35)10-21(29)13-5-6-16(18(7-13)26(36,37)38)22(41)39-12(2)23(42)40(3)11-24(30,31)32/h4-10,12,17H,1,11H2,2-3H3,(H,39,41)/b21-10-/t12-,17-/m1/s1. The third kappa shape index (κ3) is 8.87. The first kappa shape index (κ1) is 34.9. The number of rotatable bonds is 8. The predicted octanol–water partition coefficient (Wildman–Crippen LogP) is 8.45. The Morgan fingerprint density at radius 1 is 1.00 bits per heavy atom. The van der Waals surface area contributed by atoms with Gasteiger partial charge in [-0.3, -0.25) is 9.59 Å². The maximum atomic E-state index is 15.1. The first-order valence-corrected chi connectivity index (χ1v) is 12.2. The number of hydrogen-bond acceptors (Lipinski definition) is 2. The molecule has 0 radical (unpaired) electrons. The van der Waals surface area contributed by atoms with E-state index < -0.39 is 76.9 Å². The Morgan fingerprint density at radius 3 is 2.00 bits per heavy atom. The van der Waals surface area contributed by atoms with Crippen LogP contribution in [-0.2, 0) is 11.0 Å². The average molecular weight is 653 g/mol. The van der Waals surface area contributed by atoms with Gasteiger partial charge in [0.05, 0.1) is 11.1 Å². The molecule has 0 spiro atoms. The van der Waals surface area contributed by atoms with E-state index >= 15 is 4.39 Å². The molecule has 0 bridgehead atoms. The molecule has 0 aromatic heterocycles. The minimum atomic E-state index is -5.34. The summed E-state index contributed by atoms with van der Waals surface area (Å²) in [7, 11) is 0.757. The lowest BCUT2D eigenvalue weighted by Crippen LogP contribution is -2.48. The van der Waals surface area contributed by atoms with Gasteiger partial charge in [0.15, 0.2) is 0 Å². The molecule has 0 aliphatic rings. The van der Waals surface area contributed by atoms with Crippen LogP contribution in [0.1, 0.15) is 45.5 Å². The summed E-state index contributed by atoms with van der Waals surface area (Å²) >= 11 is 11.9. The fraction of sp³-hybridized carbons (Fsp3) is 0.308. The quantitative estimate of drug-likeness (QED) is 0.291. The Labute approximate surface area is 242 Å². The minimum Gasteiger partial charge on any atom is -0.341 e. The molecule has 2 atom stereocenters. The fourth-order valence-corrected chi connectivity index (χ4v) is 4.40. The van der Waals surface area contributed by atoms with Crippen LogP contribution in [0.3, 0.4) is 0 Å². The molecule has 0 saturated heterocycles. The molecular formula is C26H20Cl2F10N2O2. The number of carbonyl (C=O) groups excluding carboxylic acids is 2. The number of hydrogen-bond donors (Lipinski definition) is 1. The first-order valence-electron chi connectivity index (χ1n) is 11.5. The van der Waals surface area contributed by atoms with E-state index in [0.717, 1.165) is 26.1 Å². The zero-order valence-electron chi connectivity index (χ0n) is 21.4. The topological polar surface area (TPSA) is 49.4 Å². The van der Waals surface area contributed by atoms with Crippen molar-refractivity contribution in [1.82, 2.24) is 10.2 Å². The van der Waals surface area contributed by atoms with E-state index in [1.165, 1.54) is 6.08 Å². The SMILES string of the molecule is C=Cc1c(Cl)cc([C@@H](/C=C(\F)c2ccc(C(=O)N[C@H](C)C(=O)N(C)CC(F)(F)F)c(C(F)(F)F)c2)C(F)(F)F)cc1Cl. The van der Waals surface area contributed by atoms with Crippen LogP contribution >= 0.6 is 23.2 Å². The van der Waals surface area contributed by atoms with Gasteiger partial charge in [-0.15, -0.1) is 0 Å². The van der Waals surface area contributed by atoms with E-state index in [1.54, 1.807) is 0 Å². The average Bonchev–Trinajstić information content (AvgIpc) is 2.83. The number of nitrogens with zero attached hydrogens (tertiary/aromatic N) is 1. The van der Waals surface area contributed by atoms with Crippen molar-refractivity contribution in [1.29, 1.82) is 0 Å². The Balaban J connectivity index is 2.49. The van der Waals surface area contributed by atoms with Crippen molar-refractivity contribution in [2.45, 2.75) is 37.4 Å². The van der Waals surface area contributed by atoms with Gasteiger partial charge in [0, 0.05) is 28.2 Å². The van der Waals surface area contributed by atoms with Crippen LogP contribution in [-0.4, -0.2) is 48.7 Å². The molecule has 16 heteroatoms. The largest absolute Gasteiger partial charge is 0.417 e. The van der Waals surface area contributed by atoms with Gasteiger partial charge in [-0.05, 0) is 42.8 Å². The highest BCUT2D eigenvalue weighted by molar-refractivity contribution is 6.37. The molecule has 2 aromatic carbocycles.